The van der Waals surface area contributed by atoms with E-state index in [0.29, 0.717) is 5.39 Å². The lowest BCUT2D eigenvalue weighted by Crippen LogP contribution is -2.61. The third kappa shape index (κ3) is 3.24. The van der Waals surface area contributed by atoms with Crippen molar-refractivity contribution >= 4 is 22.3 Å². The maximum Gasteiger partial charge on any atom is 0.336 e. The van der Waals surface area contributed by atoms with Crippen molar-refractivity contribution in [2.24, 2.45) is 0 Å². The zero-order valence-corrected chi connectivity index (χ0v) is 16.0. The van der Waals surface area contributed by atoms with E-state index in [4.69, 9.17) is 0 Å². The monoisotopic (exact) mass is 428 g/mol. The quantitative estimate of drug-likeness (QED) is 0.540. The number of ether oxygens (including phenoxy) is 1. The number of benzene rings is 3. The van der Waals surface area contributed by atoms with Crippen LogP contribution in [-0.2, 0) is 9.53 Å². The average molecular weight is 428 g/mol. The summed E-state index contributed by atoms with van der Waals surface area (Å²) in [4.78, 5) is 25.8. The van der Waals surface area contributed by atoms with Gasteiger partial charge >= 0.3 is 5.92 Å². The molecule has 0 bridgehead atoms. The van der Waals surface area contributed by atoms with Gasteiger partial charge < -0.3 is 20.1 Å². The zero-order valence-electron chi connectivity index (χ0n) is 16.0. The molecule has 0 radical (unpaired) electrons. The molecule has 3 aromatic carbocycles. The Morgan fingerprint density at radius 3 is 2.23 bits per heavy atom. The number of carbonyl (C=O) groups is 2. The molecule has 160 valence electrons. The maximum absolute atomic E-state index is 14.7. The average Bonchev–Trinajstić information content (AvgIpc) is 2.98. The highest BCUT2D eigenvalue weighted by atomic mass is 19.3. The molecule has 3 N–H and O–H groups in total. The van der Waals surface area contributed by atoms with E-state index in [1.165, 1.54) is 42.5 Å². The molecule has 0 aliphatic carbocycles. The van der Waals surface area contributed by atoms with Crippen molar-refractivity contribution in [2.75, 3.05) is 0 Å². The van der Waals surface area contributed by atoms with Crippen LogP contribution in [0.15, 0.2) is 72.8 Å². The number of hydrogen-bond acceptors (Lipinski definition) is 6. The van der Waals surface area contributed by atoms with Crippen LogP contribution in [0.1, 0.15) is 22.0 Å². The van der Waals surface area contributed by atoms with Gasteiger partial charge in [-0.1, -0.05) is 66.7 Å². The van der Waals surface area contributed by atoms with Gasteiger partial charge in [-0.25, -0.2) is 0 Å². The van der Waals surface area contributed by atoms with Crippen molar-refractivity contribution < 1.29 is 38.4 Å². The fraction of sp³-hybridized carbons (Fsp3) is 0.217. The molecule has 6 nitrogen and oxygen atoms in total. The first kappa shape index (κ1) is 21.2. The van der Waals surface area contributed by atoms with Gasteiger partial charge in [0.2, 0.25) is 17.7 Å². The van der Waals surface area contributed by atoms with Crippen molar-refractivity contribution in [1.29, 1.82) is 0 Å². The van der Waals surface area contributed by atoms with Crippen LogP contribution in [-0.4, -0.2) is 50.8 Å². The van der Waals surface area contributed by atoms with Crippen LogP contribution in [0.2, 0.25) is 0 Å². The lowest BCUT2D eigenvalue weighted by Gasteiger charge is -2.31. The molecule has 8 heteroatoms. The summed E-state index contributed by atoms with van der Waals surface area (Å²) in [5.41, 5.74) is -3.95. The Kier molecular flexibility index (Phi) is 5.18. The number of hydrogen-bond donors (Lipinski definition) is 3. The topological polar surface area (TPSA) is 104 Å². The van der Waals surface area contributed by atoms with Crippen LogP contribution in [0.4, 0.5) is 8.78 Å². The van der Waals surface area contributed by atoms with Crippen molar-refractivity contribution in [3.8, 4) is 0 Å². The maximum atomic E-state index is 14.7. The van der Waals surface area contributed by atoms with E-state index in [1.807, 2.05) is 6.07 Å². The standard InChI is InChI=1S/C23H18F2O6/c24-23(25)21(29)31-20(22(23,30)19(28)14-7-2-1-3-8-14)18(27)17(26)16-11-10-13-6-4-5-9-15(13)12-16/h1-12,17,20-21,26,29-30H/t17?,20-,21+,22-/m1/s1. The van der Waals surface area contributed by atoms with E-state index >= 15 is 0 Å². The summed E-state index contributed by atoms with van der Waals surface area (Å²) in [7, 11) is 0. The first-order chi connectivity index (χ1) is 14.7. The molecule has 31 heavy (non-hydrogen) atoms. The number of aliphatic hydroxyl groups is 3. The van der Waals surface area contributed by atoms with Gasteiger partial charge in [-0.2, -0.15) is 8.78 Å². The van der Waals surface area contributed by atoms with Gasteiger partial charge in [0.1, 0.15) is 6.10 Å². The first-order valence-corrected chi connectivity index (χ1v) is 9.42. The second kappa shape index (κ2) is 7.58. The van der Waals surface area contributed by atoms with Gasteiger partial charge in [0.15, 0.2) is 11.9 Å². The fourth-order valence-electron chi connectivity index (χ4n) is 3.71. The molecule has 0 spiro atoms. The zero-order chi connectivity index (χ0) is 22.4. The molecule has 1 fully saturated rings. The lowest BCUT2D eigenvalue weighted by molar-refractivity contribution is -0.209. The molecule has 0 aromatic heterocycles. The summed E-state index contributed by atoms with van der Waals surface area (Å²) >= 11 is 0. The van der Waals surface area contributed by atoms with Gasteiger partial charge in [0.05, 0.1) is 0 Å². The summed E-state index contributed by atoms with van der Waals surface area (Å²) in [6.07, 6.45) is -7.39. The molecule has 4 rings (SSSR count). The molecule has 1 aliphatic rings. The van der Waals surface area contributed by atoms with Crippen LogP contribution < -0.4 is 0 Å². The Bertz CT molecular complexity index is 1150. The minimum Gasteiger partial charge on any atom is -0.380 e. The predicted molar refractivity (Wildman–Crippen MR) is 105 cm³/mol. The summed E-state index contributed by atoms with van der Waals surface area (Å²) in [5, 5.41) is 32.5. The number of Topliss-reactive ketones (excluding diaryl/α,β-unsaturated/α-hetero) is 2. The number of halogens is 2. The van der Waals surface area contributed by atoms with E-state index in [-0.39, 0.29) is 11.1 Å². The van der Waals surface area contributed by atoms with Gasteiger partial charge in [-0.15, -0.1) is 0 Å². The summed E-state index contributed by atoms with van der Waals surface area (Å²) in [6, 6.07) is 18.3. The van der Waals surface area contributed by atoms with E-state index in [1.54, 1.807) is 24.3 Å². The molecule has 0 amide bonds. The summed E-state index contributed by atoms with van der Waals surface area (Å²) in [6.45, 7) is 0. The van der Waals surface area contributed by atoms with Gasteiger partial charge in [-0.05, 0) is 22.4 Å². The fourth-order valence-corrected chi connectivity index (χ4v) is 3.71. The number of alkyl halides is 2. The number of aliphatic hydroxyl groups excluding tert-OH is 2. The van der Waals surface area contributed by atoms with Gasteiger partial charge in [-0.3, -0.25) is 9.59 Å². The van der Waals surface area contributed by atoms with Gasteiger partial charge in [0, 0.05) is 5.56 Å². The predicted octanol–water partition coefficient (Wildman–Crippen LogP) is 2.41. The number of ketones is 2. The van der Waals surface area contributed by atoms with Crippen molar-refractivity contribution in [2.45, 2.75) is 30.0 Å². The number of rotatable bonds is 5. The van der Waals surface area contributed by atoms with Crippen molar-refractivity contribution in [3.63, 3.8) is 0 Å². The summed E-state index contributed by atoms with van der Waals surface area (Å²) in [5.74, 6) is -7.37. The van der Waals surface area contributed by atoms with E-state index in [9.17, 15) is 33.7 Å². The normalized spacial score (nSPS) is 26.0. The largest absolute Gasteiger partial charge is 0.380 e. The molecule has 1 saturated heterocycles. The minimum atomic E-state index is -4.50. The van der Waals surface area contributed by atoms with Crippen LogP contribution in [0.5, 0.6) is 0 Å². The lowest BCUT2D eigenvalue weighted by atomic mass is 9.80. The molecular weight excluding hydrogens is 410 g/mol. The smallest absolute Gasteiger partial charge is 0.336 e. The highest BCUT2D eigenvalue weighted by molar-refractivity contribution is 6.08. The number of fused-ring (bicyclic) bond motifs is 1. The van der Waals surface area contributed by atoms with Crippen LogP contribution in [0, 0.1) is 0 Å². The van der Waals surface area contributed by atoms with Crippen LogP contribution in [0.3, 0.4) is 0 Å². The Morgan fingerprint density at radius 1 is 0.935 bits per heavy atom. The Labute approximate surface area is 175 Å². The van der Waals surface area contributed by atoms with Gasteiger partial charge in [0.25, 0.3) is 0 Å². The Balaban J connectivity index is 1.73. The Morgan fingerprint density at radius 2 is 1.55 bits per heavy atom. The third-order valence-electron chi connectivity index (χ3n) is 5.46. The van der Waals surface area contributed by atoms with Crippen LogP contribution >= 0.6 is 0 Å². The second-order valence-electron chi connectivity index (χ2n) is 7.36. The van der Waals surface area contributed by atoms with E-state index in [2.05, 4.69) is 4.74 Å². The Hall–Kier alpha value is -3.04. The molecule has 3 aromatic rings. The molecule has 1 unspecified atom stereocenters. The molecule has 1 heterocycles. The SMILES string of the molecule is O=C(C(O)c1ccc2ccccc2c1)[C@H]1O[C@H](O)C(F)(F)[C@@]1(O)C(=O)c1ccccc1. The molecule has 4 atom stereocenters. The van der Waals surface area contributed by atoms with Crippen LogP contribution in [0.25, 0.3) is 10.8 Å². The minimum absolute atomic E-state index is 0.0616. The van der Waals surface area contributed by atoms with Crippen molar-refractivity contribution in [3.05, 3.63) is 83.9 Å². The summed E-state index contributed by atoms with van der Waals surface area (Å²) < 4.78 is 34.1. The number of carbonyl (C=O) groups excluding carboxylic acids is 2. The van der Waals surface area contributed by atoms with Crippen molar-refractivity contribution in [1.82, 2.24) is 0 Å². The molecule has 1 aliphatic heterocycles. The molecule has 0 saturated carbocycles. The highest BCUT2D eigenvalue weighted by Gasteiger charge is 2.75. The van der Waals surface area contributed by atoms with E-state index < -0.39 is 41.6 Å². The van der Waals surface area contributed by atoms with E-state index in [0.717, 1.165) is 5.39 Å². The first-order valence-electron chi connectivity index (χ1n) is 9.42. The molecular formula is C23H18F2O6. The second-order valence-corrected chi connectivity index (χ2v) is 7.36. The highest BCUT2D eigenvalue weighted by Crippen LogP contribution is 2.46. The third-order valence-corrected chi connectivity index (χ3v) is 5.46.